The molecule has 6 heteroatoms. The first-order valence-corrected chi connectivity index (χ1v) is 6.09. The van der Waals surface area contributed by atoms with Gasteiger partial charge in [-0.15, -0.1) is 0 Å². The summed E-state index contributed by atoms with van der Waals surface area (Å²) < 4.78 is 16.0. The number of benzene rings is 1. The van der Waals surface area contributed by atoms with Crippen LogP contribution in [0.4, 0.5) is 0 Å². The summed E-state index contributed by atoms with van der Waals surface area (Å²) in [6, 6.07) is 3.83. The van der Waals surface area contributed by atoms with Gasteiger partial charge in [-0.25, -0.2) is 0 Å². The number of fused-ring (bicyclic) bond motifs is 1. The van der Waals surface area contributed by atoms with Crippen molar-refractivity contribution >= 4 is 5.71 Å². The molecule has 3 rings (SSSR count). The van der Waals surface area contributed by atoms with Gasteiger partial charge in [0, 0.05) is 12.8 Å². The van der Waals surface area contributed by atoms with Gasteiger partial charge < -0.3 is 24.2 Å². The molecule has 0 saturated heterocycles. The summed E-state index contributed by atoms with van der Waals surface area (Å²) in [5.41, 5.74) is 1.71. The topological polar surface area (TPSA) is 69.5 Å². The lowest BCUT2D eigenvalue weighted by Crippen LogP contribution is -2.12. The Morgan fingerprint density at radius 3 is 3.05 bits per heavy atom. The summed E-state index contributed by atoms with van der Waals surface area (Å²) in [6.45, 7) is 0.161. The predicted molar refractivity (Wildman–Crippen MR) is 66.8 cm³/mol. The van der Waals surface area contributed by atoms with Crippen LogP contribution < -0.4 is 14.2 Å². The second-order valence-corrected chi connectivity index (χ2v) is 4.48. The van der Waals surface area contributed by atoms with Crippen LogP contribution in [0, 0.1) is 0 Å². The van der Waals surface area contributed by atoms with Gasteiger partial charge in [0.25, 0.3) is 0 Å². The molecule has 6 nitrogen and oxygen atoms in total. The van der Waals surface area contributed by atoms with Crippen molar-refractivity contribution in [1.29, 1.82) is 0 Å². The third-order valence-electron chi connectivity index (χ3n) is 3.16. The van der Waals surface area contributed by atoms with Crippen LogP contribution in [-0.2, 0) is 11.3 Å². The largest absolute Gasteiger partial charge is 0.493 e. The monoisotopic (exact) mass is 265 g/mol. The van der Waals surface area contributed by atoms with E-state index in [-0.39, 0.29) is 19.5 Å². The van der Waals surface area contributed by atoms with Crippen molar-refractivity contribution in [3.8, 4) is 17.2 Å². The summed E-state index contributed by atoms with van der Waals surface area (Å²) in [5, 5.41) is 12.8. The van der Waals surface area contributed by atoms with Gasteiger partial charge in [0.15, 0.2) is 11.5 Å². The van der Waals surface area contributed by atoms with Crippen LogP contribution >= 0.6 is 0 Å². The zero-order valence-corrected chi connectivity index (χ0v) is 10.6. The molecule has 1 N–H and O–H groups in total. The molecule has 0 amide bonds. The first-order chi connectivity index (χ1) is 9.30. The molecule has 1 unspecified atom stereocenters. The van der Waals surface area contributed by atoms with Crippen LogP contribution in [0.25, 0.3) is 0 Å². The van der Waals surface area contributed by atoms with E-state index in [1.807, 2.05) is 12.1 Å². The molecule has 1 aromatic rings. The van der Waals surface area contributed by atoms with E-state index in [9.17, 15) is 0 Å². The first kappa shape index (κ1) is 12.1. The summed E-state index contributed by atoms with van der Waals surface area (Å²) >= 11 is 0. The van der Waals surface area contributed by atoms with Crippen LogP contribution in [-0.4, -0.2) is 37.4 Å². The van der Waals surface area contributed by atoms with Crippen LogP contribution in [0.2, 0.25) is 0 Å². The number of aliphatic hydroxyl groups excluding tert-OH is 1. The molecule has 0 spiro atoms. The van der Waals surface area contributed by atoms with E-state index in [1.54, 1.807) is 7.11 Å². The molecular formula is C13H15NO5. The fraction of sp³-hybridized carbons (Fsp3) is 0.462. The number of hydrogen-bond donors (Lipinski definition) is 1. The lowest BCUT2D eigenvalue weighted by molar-refractivity contribution is 0.0858. The third-order valence-corrected chi connectivity index (χ3v) is 3.16. The Balaban J connectivity index is 1.75. The second-order valence-electron chi connectivity index (χ2n) is 4.48. The molecule has 0 aromatic heterocycles. The number of aliphatic hydroxyl groups is 1. The van der Waals surface area contributed by atoms with Crippen molar-refractivity contribution in [1.82, 2.24) is 0 Å². The highest BCUT2D eigenvalue weighted by Crippen LogP contribution is 2.42. The van der Waals surface area contributed by atoms with Crippen molar-refractivity contribution in [2.75, 3.05) is 20.5 Å². The number of nitrogens with zero attached hydrogens (tertiary/aromatic N) is 1. The molecule has 19 heavy (non-hydrogen) atoms. The van der Waals surface area contributed by atoms with E-state index in [0.717, 1.165) is 5.56 Å². The lowest BCUT2D eigenvalue weighted by atomic mass is 10.0. The predicted octanol–water partition coefficient (Wildman–Crippen LogP) is 1.10. The molecule has 102 valence electrons. The Morgan fingerprint density at radius 1 is 1.42 bits per heavy atom. The van der Waals surface area contributed by atoms with Crippen LogP contribution in [0.15, 0.2) is 17.3 Å². The first-order valence-electron chi connectivity index (χ1n) is 6.09. The molecule has 0 bridgehead atoms. The summed E-state index contributed by atoms with van der Waals surface area (Å²) in [5.74, 6) is 1.99. The highest BCUT2D eigenvalue weighted by Gasteiger charge is 2.24. The summed E-state index contributed by atoms with van der Waals surface area (Å²) in [7, 11) is 1.60. The molecule has 0 radical (unpaired) electrons. The van der Waals surface area contributed by atoms with Crippen LogP contribution in [0.5, 0.6) is 17.2 Å². The fourth-order valence-electron chi connectivity index (χ4n) is 2.25. The molecule has 2 heterocycles. The minimum absolute atomic E-state index is 0.0489. The maximum absolute atomic E-state index is 8.99. The number of rotatable bonds is 4. The SMILES string of the molecule is COc1cc(CC2CC(CO)=NO2)cc2c1OCO2. The van der Waals surface area contributed by atoms with Gasteiger partial charge in [-0.2, -0.15) is 0 Å². The fourth-order valence-corrected chi connectivity index (χ4v) is 2.25. The van der Waals surface area contributed by atoms with Crippen LogP contribution in [0.1, 0.15) is 12.0 Å². The number of ether oxygens (including phenoxy) is 3. The van der Waals surface area contributed by atoms with Crippen molar-refractivity contribution in [2.45, 2.75) is 18.9 Å². The minimum atomic E-state index is -0.0546. The average Bonchev–Trinajstić information content (AvgIpc) is 3.06. The van der Waals surface area contributed by atoms with Crippen molar-refractivity contribution in [2.24, 2.45) is 5.16 Å². The van der Waals surface area contributed by atoms with Gasteiger partial charge in [-0.05, 0) is 17.7 Å². The van der Waals surface area contributed by atoms with Crippen LogP contribution in [0.3, 0.4) is 0 Å². The van der Waals surface area contributed by atoms with E-state index < -0.39 is 0 Å². The molecule has 2 aliphatic rings. The Morgan fingerprint density at radius 2 is 2.32 bits per heavy atom. The molecule has 0 aliphatic carbocycles. The zero-order valence-electron chi connectivity index (χ0n) is 10.6. The number of oxime groups is 1. The Labute approximate surface area is 110 Å². The highest BCUT2D eigenvalue weighted by atomic mass is 16.7. The molecular weight excluding hydrogens is 250 g/mol. The van der Waals surface area contributed by atoms with E-state index in [2.05, 4.69) is 5.16 Å². The molecule has 0 saturated carbocycles. The minimum Gasteiger partial charge on any atom is -0.493 e. The average molecular weight is 265 g/mol. The normalized spacial score (nSPS) is 20.1. The summed E-state index contributed by atoms with van der Waals surface area (Å²) in [6.07, 6.45) is 1.28. The molecule has 2 aliphatic heterocycles. The van der Waals surface area contributed by atoms with Gasteiger partial charge in [0.2, 0.25) is 12.5 Å². The smallest absolute Gasteiger partial charge is 0.231 e. The van der Waals surface area contributed by atoms with Gasteiger partial charge in [0.1, 0.15) is 6.10 Å². The van der Waals surface area contributed by atoms with E-state index >= 15 is 0 Å². The van der Waals surface area contributed by atoms with E-state index in [0.29, 0.717) is 35.8 Å². The number of methoxy groups -OCH3 is 1. The lowest BCUT2D eigenvalue weighted by Gasteiger charge is -2.11. The molecule has 0 fully saturated rings. The van der Waals surface area contributed by atoms with Gasteiger partial charge >= 0.3 is 0 Å². The van der Waals surface area contributed by atoms with Gasteiger partial charge in [-0.1, -0.05) is 5.16 Å². The standard InChI is InChI=1S/C13H15NO5/c1-16-11-3-8(4-12-13(11)18-7-17-12)2-10-5-9(6-15)14-19-10/h3-4,10,15H,2,5-7H2,1H3. The maximum Gasteiger partial charge on any atom is 0.231 e. The van der Waals surface area contributed by atoms with Gasteiger partial charge in [0.05, 0.1) is 19.4 Å². The second kappa shape index (κ2) is 4.97. The summed E-state index contributed by atoms with van der Waals surface area (Å²) in [4.78, 5) is 5.27. The third kappa shape index (κ3) is 2.31. The Bertz CT molecular complexity index is 514. The van der Waals surface area contributed by atoms with Crippen molar-refractivity contribution in [3.63, 3.8) is 0 Å². The Hall–Kier alpha value is -1.95. The molecule has 1 atom stereocenters. The quantitative estimate of drug-likeness (QED) is 0.883. The maximum atomic E-state index is 8.99. The van der Waals surface area contributed by atoms with Crippen molar-refractivity contribution in [3.05, 3.63) is 17.7 Å². The molecule has 1 aromatic carbocycles. The van der Waals surface area contributed by atoms with E-state index in [4.69, 9.17) is 24.2 Å². The van der Waals surface area contributed by atoms with Gasteiger partial charge in [-0.3, -0.25) is 0 Å². The Kier molecular flexibility index (Phi) is 3.16. The van der Waals surface area contributed by atoms with Crippen molar-refractivity contribution < 1.29 is 24.2 Å². The zero-order chi connectivity index (χ0) is 13.2. The highest BCUT2D eigenvalue weighted by molar-refractivity contribution is 5.86. The number of hydrogen-bond acceptors (Lipinski definition) is 6. The van der Waals surface area contributed by atoms with E-state index in [1.165, 1.54) is 0 Å².